The summed E-state index contributed by atoms with van der Waals surface area (Å²) in [5.41, 5.74) is 1.36. The summed E-state index contributed by atoms with van der Waals surface area (Å²) in [7, 11) is 1.69. The predicted octanol–water partition coefficient (Wildman–Crippen LogP) is 1.57. The van der Waals surface area contributed by atoms with E-state index < -0.39 is 5.82 Å². The van der Waals surface area contributed by atoms with Crippen LogP contribution in [-0.2, 0) is 4.79 Å². The molecule has 1 amide bonds. The zero-order valence-corrected chi connectivity index (χ0v) is 15.0. The molecule has 0 radical (unpaired) electrons. The number of carbonyl (C=O) groups excluding carboxylic acids is 1. The normalized spacial score (nSPS) is 14.9. The van der Waals surface area contributed by atoms with Crippen molar-refractivity contribution >= 4 is 17.3 Å². The molecule has 2 aromatic carbocycles. The van der Waals surface area contributed by atoms with Crippen molar-refractivity contribution in [1.82, 2.24) is 0 Å². The van der Waals surface area contributed by atoms with Gasteiger partial charge >= 0.3 is 0 Å². The van der Waals surface area contributed by atoms with E-state index >= 15 is 0 Å². The Morgan fingerprint density at radius 1 is 1.15 bits per heavy atom. The van der Waals surface area contributed by atoms with Crippen molar-refractivity contribution in [3.63, 3.8) is 0 Å². The topological polar surface area (TPSA) is 46.0 Å². The van der Waals surface area contributed by atoms with Gasteiger partial charge in [0.25, 0.3) is 0 Å². The summed E-state index contributed by atoms with van der Waals surface area (Å²) in [6, 6.07) is 14.3. The highest BCUT2D eigenvalue weighted by Gasteiger charge is 2.22. The van der Waals surface area contributed by atoms with Gasteiger partial charge in [0.1, 0.15) is 11.6 Å². The zero-order valence-electron chi connectivity index (χ0n) is 15.0. The Morgan fingerprint density at radius 2 is 1.85 bits per heavy atom. The van der Waals surface area contributed by atoms with Gasteiger partial charge in [0, 0.05) is 0 Å². The molecular formula is C20H25FN3O2+. The van der Waals surface area contributed by atoms with Gasteiger partial charge in [-0.2, -0.15) is 0 Å². The maximum atomic E-state index is 13.6. The second-order valence-corrected chi connectivity index (χ2v) is 6.44. The number of amides is 1. The summed E-state index contributed by atoms with van der Waals surface area (Å²) in [6.45, 7) is 4.52. The van der Waals surface area contributed by atoms with Crippen LogP contribution in [0.4, 0.5) is 15.8 Å². The fraction of sp³-hybridized carbons (Fsp3) is 0.350. The summed E-state index contributed by atoms with van der Waals surface area (Å²) in [6.07, 6.45) is 0.387. The number of carbonyl (C=O) groups is 1. The molecule has 0 atom stereocenters. The van der Waals surface area contributed by atoms with Crippen molar-refractivity contribution < 1.29 is 18.8 Å². The van der Waals surface area contributed by atoms with Gasteiger partial charge in [0.05, 0.1) is 57.6 Å². The molecule has 26 heavy (non-hydrogen) atoms. The molecule has 0 aliphatic carbocycles. The fourth-order valence-corrected chi connectivity index (χ4v) is 3.27. The van der Waals surface area contributed by atoms with Crippen LogP contribution < -0.4 is 19.9 Å². The lowest BCUT2D eigenvalue weighted by Crippen LogP contribution is -3.15. The predicted molar refractivity (Wildman–Crippen MR) is 100 cm³/mol. The number of methoxy groups -OCH3 is 1. The molecule has 138 valence electrons. The van der Waals surface area contributed by atoms with Crippen LogP contribution >= 0.6 is 0 Å². The van der Waals surface area contributed by atoms with E-state index in [0.29, 0.717) is 6.42 Å². The molecule has 0 spiro atoms. The van der Waals surface area contributed by atoms with Crippen molar-refractivity contribution in [2.24, 2.45) is 0 Å². The Labute approximate surface area is 153 Å². The number of para-hydroxylation sites is 3. The molecule has 1 heterocycles. The van der Waals surface area contributed by atoms with E-state index in [-0.39, 0.29) is 11.6 Å². The molecule has 0 aromatic heterocycles. The van der Waals surface area contributed by atoms with Gasteiger partial charge in [-0.25, -0.2) is 4.39 Å². The van der Waals surface area contributed by atoms with E-state index in [0.717, 1.165) is 44.2 Å². The van der Waals surface area contributed by atoms with Crippen molar-refractivity contribution in [3.8, 4) is 5.75 Å². The zero-order chi connectivity index (χ0) is 18.4. The molecule has 1 aliphatic heterocycles. The van der Waals surface area contributed by atoms with Gasteiger partial charge in [0.2, 0.25) is 5.91 Å². The number of anilines is 2. The minimum absolute atomic E-state index is 0.144. The SMILES string of the molecule is COc1ccccc1N1CC[NH+](CCC(=O)Nc2ccccc2F)CC1. The Balaban J connectivity index is 1.45. The lowest BCUT2D eigenvalue weighted by atomic mass is 10.2. The van der Waals surface area contributed by atoms with Crippen LogP contribution in [0.15, 0.2) is 48.5 Å². The largest absolute Gasteiger partial charge is 0.495 e. The van der Waals surface area contributed by atoms with Gasteiger partial charge in [-0.05, 0) is 24.3 Å². The molecule has 1 aliphatic rings. The number of halogens is 1. The molecule has 2 aromatic rings. The third kappa shape index (κ3) is 4.52. The summed E-state index contributed by atoms with van der Waals surface area (Å²) in [5.74, 6) is 0.341. The molecule has 5 nitrogen and oxygen atoms in total. The number of nitrogens with zero attached hydrogens (tertiary/aromatic N) is 1. The molecule has 6 heteroatoms. The first-order chi connectivity index (χ1) is 12.7. The Kier molecular flexibility index (Phi) is 6.07. The van der Waals surface area contributed by atoms with Gasteiger partial charge in [-0.1, -0.05) is 24.3 Å². The first-order valence-corrected chi connectivity index (χ1v) is 8.93. The number of nitrogens with one attached hydrogen (secondary N) is 2. The molecule has 3 rings (SSSR count). The van der Waals surface area contributed by atoms with E-state index in [9.17, 15) is 9.18 Å². The second-order valence-electron chi connectivity index (χ2n) is 6.44. The van der Waals surface area contributed by atoms with Crippen molar-refractivity contribution in [2.45, 2.75) is 6.42 Å². The number of rotatable bonds is 6. The molecule has 1 fully saturated rings. The third-order valence-corrected chi connectivity index (χ3v) is 4.75. The molecule has 0 saturated carbocycles. The molecule has 0 unspecified atom stereocenters. The highest BCUT2D eigenvalue weighted by Crippen LogP contribution is 2.27. The molecule has 0 bridgehead atoms. The maximum absolute atomic E-state index is 13.6. The molecule has 1 saturated heterocycles. The smallest absolute Gasteiger partial charge is 0.230 e. The average Bonchev–Trinajstić information content (AvgIpc) is 2.68. The fourth-order valence-electron chi connectivity index (χ4n) is 3.27. The quantitative estimate of drug-likeness (QED) is 0.824. The maximum Gasteiger partial charge on any atom is 0.230 e. The first-order valence-electron chi connectivity index (χ1n) is 8.93. The van der Waals surface area contributed by atoms with Gasteiger partial charge < -0.3 is 19.9 Å². The van der Waals surface area contributed by atoms with Crippen molar-refractivity contribution in [3.05, 3.63) is 54.3 Å². The number of hydrogen-bond donors (Lipinski definition) is 2. The lowest BCUT2D eigenvalue weighted by molar-refractivity contribution is -0.900. The van der Waals surface area contributed by atoms with Crippen LogP contribution in [-0.4, -0.2) is 45.7 Å². The van der Waals surface area contributed by atoms with Crippen LogP contribution in [0.25, 0.3) is 0 Å². The Morgan fingerprint density at radius 3 is 2.58 bits per heavy atom. The van der Waals surface area contributed by atoms with E-state index in [1.54, 1.807) is 25.3 Å². The summed E-state index contributed by atoms with van der Waals surface area (Å²) < 4.78 is 19.0. The number of piperazine rings is 1. The monoisotopic (exact) mass is 358 g/mol. The standard InChI is InChI=1S/C20H24FN3O2/c1-26-19-9-5-4-8-18(19)24-14-12-23(13-15-24)11-10-20(25)22-17-7-3-2-6-16(17)21/h2-9H,10-15H2,1H3,(H,22,25)/p+1. The van der Waals surface area contributed by atoms with E-state index in [4.69, 9.17) is 4.74 Å². The van der Waals surface area contributed by atoms with Gasteiger partial charge in [0.15, 0.2) is 0 Å². The van der Waals surface area contributed by atoms with Gasteiger partial charge in [-0.3, -0.25) is 4.79 Å². The highest BCUT2D eigenvalue weighted by molar-refractivity contribution is 5.90. The third-order valence-electron chi connectivity index (χ3n) is 4.75. The number of hydrogen-bond acceptors (Lipinski definition) is 3. The van der Waals surface area contributed by atoms with Gasteiger partial charge in [-0.15, -0.1) is 0 Å². The second kappa shape index (κ2) is 8.67. The number of ether oxygens (including phenoxy) is 1. The van der Waals surface area contributed by atoms with E-state index in [1.807, 2.05) is 18.2 Å². The Hall–Kier alpha value is -2.60. The van der Waals surface area contributed by atoms with Crippen LogP contribution in [0.1, 0.15) is 6.42 Å². The molecule has 2 N–H and O–H groups in total. The summed E-state index contributed by atoms with van der Waals surface area (Å²) >= 11 is 0. The number of benzene rings is 2. The first kappa shape index (κ1) is 18.2. The van der Waals surface area contributed by atoms with Crippen LogP contribution in [0.2, 0.25) is 0 Å². The van der Waals surface area contributed by atoms with Crippen LogP contribution in [0.3, 0.4) is 0 Å². The number of quaternary nitrogens is 1. The Bertz CT molecular complexity index is 745. The summed E-state index contributed by atoms with van der Waals surface area (Å²) in [4.78, 5) is 15.8. The minimum atomic E-state index is -0.404. The van der Waals surface area contributed by atoms with Crippen molar-refractivity contribution in [1.29, 1.82) is 0 Å². The van der Waals surface area contributed by atoms with Crippen LogP contribution in [0, 0.1) is 5.82 Å². The molecular weight excluding hydrogens is 333 g/mol. The minimum Gasteiger partial charge on any atom is -0.495 e. The van der Waals surface area contributed by atoms with Crippen LogP contribution in [0.5, 0.6) is 5.75 Å². The van der Waals surface area contributed by atoms with E-state index in [1.165, 1.54) is 11.0 Å². The van der Waals surface area contributed by atoms with E-state index in [2.05, 4.69) is 16.3 Å². The van der Waals surface area contributed by atoms with Crippen molar-refractivity contribution in [2.75, 3.05) is 50.1 Å². The lowest BCUT2D eigenvalue weighted by Gasteiger charge is -2.34. The highest BCUT2D eigenvalue weighted by atomic mass is 19.1. The summed E-state index contributed by atoms with van der Waals surface area (Å²) in [5, 5.41) is 2.65. The average molecular weight is 358 g/mol.